The summed E-state index contributed by atoms with van der Waals surface area (Å²) in [6, 6.07) is 13.7. The van der Waals surface area contributed by atoms with Crippen LogP contribution in [0.4, 0.5) is 5.69 Å². The average molecular weight is 598 g/mol. The second-order valence-electron chi connectivity index (χ2n) is 15.0. The first-order valence-corrected chi connectivity index (χ1v) is 16.2. The lowest BCUT2D eigenvalue weighted by Crippen LogP contribution is -2.39. The minimum absolute atomic E-state index is 0.261. The maximum atomic E-state index is 12.8. The van der Waals surface area contributed by atoms with Crippen molar-refractivity contribution in [3.8, 4) is 11.1 Å². The van der Waals surface area contributed by atoms with E-state index in [0.29, 0.717) is 5.56 Å². The fourth-order valence-corrected chi connectivity index (χ4v) is 7.08. The molecule has 2 aliphatic rings. The van der Waals surface area contributed by atoms with Crippen LogP contribution in [-0.4, -0.2) is 46.2 Å². The van der Waals surface area contributed by atoms with E-state index in [1.807, 2.05) is 27.7 Å². The van der Waals surface area contributed by atoms with E-state index in [4.69, 9.17) is 9.72 Å². The van der Waals surface area contributed by atoms with Crippen LogP contribution in [0.15, 0.2) is 36.4 Å². The van der Waals surface area contributed by atoms with Crippen LogP contribution in [0.25, 0.3) is 11.1 Å². The van der Waals surface area contributed by atoms with E-state index in [2.05, 4.69) is 80.8 Å². The van der Waals surface area contributed by atoms with Gasteiger partial charge in [-0.15, -0.1) is 0 Å². The first-order valence-electron chi connectivity index (χ1n) is 16.2. The molecule has 1 saturated heterocycles. The van der Waals surface area contributed by atoms with Gasteiger partial charge < -0.3 is 14.7 Å². The Hall–Kier alpha value is -3.22. The number of carbonyl (C=O) groups is 1. The fraction of sp³-hybridized carbons (Fsp3) is 0.526. The standard InChI is InChI=1S/C38H51N3O3/c1-24-18-25(2)20-28(19-24)22-40-15-12-29-21-30(10-11-31(29)23-40)32-26(3)39-27(4)33(35(36(42)43)44-37(5,6)7)34(32)41-16-13-38(8,9)14-17-41/h10-11,18-21,35H,12-17,22-23H2,1-9H3,(H,42,43). The Balaban J connectivity index is 1.56. The topological polar surface area (TPSA) is 65.9 Å². The number of aromatic nitrogens is 1. The summed E-state index contributed by atoms with van der Waals surface area (Å²) in [7, 11) is 0. The third-order valence-corrected chi connectivity index (χ3v) is 9.24. The highest BCUT2D eigenvalue weighted by molar-refractivity contribution is 5.88. The van der Waals surface area contributed by atoms with Gasteiger partial charge in [0, 0.05) is 55.2 Å². The SMILES string of the molecule is Cc1cc(C)cc(CN2CCc3cc(-c4c(C)nc(C)c(C(OC(C)(C)C)C(=O)O)c4N4CCC(C)(C)CC4)ccc3C2)c1. The number of fused-ring (bicyclic) bond motifs is 1. The third-order valence-electron chi connectivity index (χ3n) is 9.24. The normalized spacial score (nSPS) is 17.8. The van der Waals surface area contributed by atoms with E-state index in [-0.39, 0.29) is 5.41 Å². The number of piperidine rings is 1. The number of hydrogen-bond acceptors (Lipinski definition) is 5. The minimum atomic E-state index is -1.11. The van der Waals surface area contributed by atoms with Crippen LogP contribution in [0.5, 0.6) is 0 Å². The summed E-state index contributed by atoms with van der Waals surface area (Å²) < 4.78 is 6.26. The number of anilines is 1. The molecule has 2 aromatic carbocycles. The number of nitrogens with zero attached hydrogens (tertiary/aromatic N) is 3. The molecular weight excluding hydrogens is 546 g/mol. The lowest BCUT2D eigenvalue weighted by molar-refractivity contribution is -0.160. The van der Waals surface area contributed by atoms with Gasteiger partial charge in [-0.2, -0.15) is 0 Å². The van der Waals surface area contributed by atoms with Gasteiger partial charge in [-0.05, 0) is 95.4 Å². The number of aryl methyl sites for hydroxylation is 4. The van der Waals surface area contributed by atoms with Crippen LogP contribution in [-0.2, 0) is 29.0 Å². The molecule has 1 fully saturated rings. The molecule has 5 rings (SSSR count). The number of ether oxygens (including phenoxy) is 1. The Bertz CT molecular complexity index is 1520. The van der Waals surface area contributed by atoms with Gasteiger partial charge in [-0.1, -0.05) is 61.4 Å². The molecule has 1 N–H and O–H groups in total. The van der Waals surface area contributed by atoms with Crippen LogP contribution in [0, 0.1) is 33.1 Å². The van der Waals surface area contributed by atoms with Gasteiger partial charge >= 0.3 is 5.97 Å². The van der Waals surface area contributed by atoms with Crippen molar-refractivity contribution in [2.24, 2.45) is 5.41 Å². The predicted octanol–water partition coefficient (Wildman–Crippen LogP) is 8.11. The number of pyridine rings is 1. The Labute approximate surface area is 264 Å². The van der Waals surface area contributed by atoms with Crippen molar-refractivity contribution in [2.75, 3.05) is 24.5 Å². The van der Waals surface area contributed by atoms with E-state index in [9.17, 15) is 9.90 Å². The van der Waals surface area contributed by atoms with E-state index in [0.717, 1.165) is 80.2 Å². The number of aliphatic carboxylic acids is 1. The van der Waals surface area contributed by atoms with Crippen LogP contribution >= 0.6 is 0 Å². The molecule has 6 heteroatoms. The van der Waals surface area contributed by atoms with Crippen LogP contribution in [0.2, 0.25) is 0 Å². The molecule has 0 saturated carbocycles. The third kappa shape index (κ3) is 7.18. The zero-order chi connectivity index (χ0) is 32.0. The molecule has 1 aromatic heterocycles. The highest BCUT2D eigenvalue weighted by atomic mass is 16.5. The Morgan fingerprint density at radius 1 is 0.955 bits per heavy atom. The highest BCUT2D eigenvalue weighted by Gasteiger charge is 2.36. The van der Waals surface area contributed by atoms with E-state index in [1.54, 1.807) is 0 Å². The van der Waals surface area contributed by atoms with Crippen molar-refractivity contribution < 1.29 is 14.6 Å². The maximum absolute atomic E-state index is 12.8. The summed E-state index contributed by atoms with van der Waals surface area (Å²) in [5.41, 5.74) is 11.8. The number of rotatable bonds is 7. The monoisotopic (exact) mass is 597 g/mol. The largest absolute Gasteiger partial charge is 0.479 e. The van der Waals surface area contributed by atoms with Crippen molar-refractivity contribution >= 4 is 11.7 Å². The van der Waals surface area contributed by atoms with Crippen LogP contribution in [0.3, 0.4) is 0 Å². The molecule has 3 heterocycles. The van der Waals surface area contributed by atoms with Gasteiger partial charge in [0.1, 0.15) is 0 Å². The summed E-state index contributed by atoms with van der Waals surface area (Å²) in [5.74, 6) is -0.979. The molecule has 0 aliphatic carbocycles. The predicted molar refractivity (Wildman–Crippen MR) is 179 cm³/mol. The molecule has 2 aliphatic heterocycles. The lowest BCUT2D eigenvalue weighted by Gasteiger charge is -2.41. The van der Waals surface area contributed by atoms with E-state index >= 15 is 0 Å². The summed E-state index contributed by atoms with van der Waals surface area (Å²) in [6.07, 6.45) is 1.97. The molecule has 236 valence electrons. The number of carboxylic acid groups (broad SMARTS) is 1. The smallest absolute Gasteiger partial charge is 0.337 e. The quantitative estimate of drug-likeness (QED) is 0.297. The summed E-state index contributed by atoms with van der Waals surface area (Å²) in [5, 5.41) is 10.5. The molecular formula is C38H51N3O3. The Kier molecular flexibility index (Phi) is 8.99. The molecule has 1 unspecified atom stereocenters. The molecule has 6 nitrogen and oxygen atoms in total. The summed E-state index contributed by atoms with van der Waals surface area (Å²) >= 11 is 0. The second kappa shape index (κ2) is 12.3. The van der Waals surface area contributed by atoms with Crippen molar-refractivity contribution in [1.82, 2.24) is 9.88 Å². The van der Waals surface area contributed by atoms with Gasteiger partial charge in [0.2, 0.25) is 0 Å². The Morgan fingerprint density at radius 2 is 1.61 bits per heavy atom. The lowest BCUT2D eigenvalue weighted by atomic mass is 9.81. The zero-order valence-corrected chi connectivity index (χ0v) is 28.3. The van der Waals surface area contributed by atoms with Crippen molar-refractivity contribution in [1.29, 1.82) is 0 Å². The summed E-state index contributed by atoms with van der Waals surface area (Å²) in [6.45, 7) is 23.4. The zero-order valence-electron chi connectivity index (χ0n) is 28.3. The molecule has 3 aromatic rings. The van der Waals surface area contributed by atoms with Gasteiger partial charge in [0.15, 0.2) is 6.10 Å². The van der Waals surface area contributed by atoms with Crippen LogP contribution < -0.4 is 4.90 Å². The van der Waals surface area contributed by atoms with Crippen molar-refractivity contribution in [3.63, 3.8) is 0 Å². The molecule has 0 spiro atoms. The molecule has 0 radical (unpaired) electrons. The first-order chi connectivity index (χ1) is 20.6. The van der Waals surface area contributed by atoms with Crippen LogP contribution in [0.1, 0.15) is 98.3 Å². The van der Waals surface area contributed by atoms with Gasteiger partial charge in [-0.25, -0.2) is 4.79 Å². The minimum Gasteiger partial charge on any atom is -0.479 e. The van der Waals surface area contributed by atoms with Crippen molar-refractivity contribution in [3.05, 3.63) is 81.2 Å². The average Bonchev–Trinajstić information content (AvgIpc) is 2.90. The molecule has 0 amide bonds. The van der Waals surface area contributed by atoms with Gasteiger partial charge in [-0.3, -0.25) is 9.88 Å². The second-order valence-corrected chi connectivity index (χ2v) is 15.0. The fourth-order valence-electron chi connectivity index (χ4n) is 7.08. The molecule has 44 heavy (non-hydrogen) atoms. The summed E-state index contributed by atoms with van der Waals surface area (Å²) in [4.78, 5) is 22.7. The molecule has 1 atom stereocenters. The number of hydrogen-bond donors (Lipinski definition) is 1. The van der Waals surface area contributed by atoms with E-state index < -0.39 is 17.7 Å². The maximum Gasteiger partial charge on any atom is 0.337 e. The first kappa shape index (κ1) is 32.2. The number of benzene rings is 2. The van der Waals surface area contributed by atoms with Crippen molar-refractivity contribution in [2.45, 2.75) is 106 Å². The molecule has 0 bridgehead atoms. The number of carboxylic acids is 1. The Morgan fingerprint density at radius 3 is 2.23 bits per heavy atom. The van der Waals surface area contributed by atoms with Gasteiger partial charge in [0.25, 0.3) is 0 Å². The van der Waals surface area contributed by atoms with Gasteiger partial charge in [0.05, 0.1) is 11.3 Å². The highest BCUT2D eigenvalue weighted by Crippen LogP contribution is 2.45. The van der Waals surface area contributed by atoms with E-state index in [1.165, 1.54) is 27.8 Å².